The molecule has 154 valence electrons. The van der Waals surface area contributed by atoms with Crippen LogP contribution in [-0.2, 0) is 41.8 Å². The van der Waals surface area contributed by atoms with Crippen LogP contribution in [0.1, 0.15) is 24.5 Å². The molecule has 4 rings (SSSR count). The molecule has 5 atom stereocenters. The van der Waals surface area contributed by atoms with Crippen molar-refractivity contribution in [1.29, 1.82) is 0 Å². The second kappa shape index (κ2) is 8.62. The second-order valence-corrected chi connectivity index (χ2v) is 7.67. The summed E-state index contributed by atoms with van der Waals surface area (Å²) in [5, 5.41) is 0. The Hall–Kier alpha value is -2.64. The summed E-state index contributed by atoms with van der Waals surface area (Å²) >= 11 is 0. The average Bonchev–Trinajstić information content (AvgIpc) is 3.19. The van der Waals surface area contributed by atoms with Crippen LogP contribution in [0.3, 0.4) is 0 Å². The van der Waals surface area contributed by atoms with Crippen molar-refractivity contribution in [2.75, 3.05) is 0 Å². The highest BCUT2D eigenvalue weighted by atomic mass is 16.6. The molecule has 2 bridgehead atoms. The molecule has 2 fully saturated rings. The summed E-state index contributed by atoms with van der Waals surface area (Å²) in [6, 6.07) is 17.9. The highest BCUT2D eigenvalue weighted by molar-refractivity contribution is 6.12. The molecule has 2 saturated heterocycles. The van der Waals surface area contributed by atoms with E-state index in [0.717, 1.165) is 11.1 Å². The summed E-state index contributed by atoms with van der Waals surface area (Å²) in [4.78, 5) is 25.6. The molecule has 0 aromatic heterocycles. The van der Waals surface area contributed by atoms with E-state index in [9.17, 15) is 9.59 Å². The minimum absolute atomic E-state index is 0.126. The normalized spacial score (nSPS) is 29.5. The van der Waals surface area contributed by atoms with Crippen molar-refractivity contribution in [1.82, 2.24) is 0 Å². The van der Waals surface area contributed by atoms with E-state index in [1.54, 1.807) is 6.92 Å². The molecule has 0 saturated carbocycles. The van der Waals surface area contributed by atoms with Crippen molar-refractivity contribution in [3.05, 3.63) is 71.8 Å². The number of carbonyl (C=O) groups is 2. The van der Waals surface area contributed by atoms with Gasteiger partial charge in [0.05, 0.1) is 18.6 Å². The smallest absolute Gasteiger partial charge is 0.315 e. The summed E-state index contributed by atoms with van der Waals surface area (Å²) in [5.74, 6) is -1.77. The van der Waals surface area contributed by atoms with Gasteiger partial charge in [0.2, 0.25) is 0 Å². The average molecular weight is 406 g/mol. The maximum atomic E-state index is 12.9. The fourth-order valence-electron chi connectivity index (χ4n) is 4.18. The lowest BCUT2D eigenvalue weighted by atomic mass is 9.80. The van der Waals surface area contributed by atoms with Gasteiger partial charge in [-0.15, -0.1) is 0 Å². The molecule has 0 aliphatic carbocycles. The summed E-state index contributed by atoms with van der Waals surface area (Å²) in [6.45, 7) is 2.04. The van der Waals surface area contributed by atoms with Crippen LogP contribution in [0.4, 0.5) is 0 Å². The van der Waals surface area contributed by atoms with Crippen molar-refractivity contribution < 1.29 is 28.5 Å². The number of carbonyl (C=O) groups excluding carboxylic acids is 2. The molecule has 6 nitrogen and oxygen atoms in total. The van der Waals surface area contributed by atoms with Gasteiger partial charge < -0.3 is 18.9 Å². The predicted octanol–water partition coefficient (Wildman–Crippen LogP) is 2.53. The number of hydrogen-bond acceptors (Lipinski definition) is 6. The quantitative estimate of drug-likeness (QED) is 0.520. The molecular formula is C23H23BO6. The Bertz CT molecular complexity index is 889. The van der Waals surface area contributed by atoms with Crippen LogP contribution in [0, 0.1) is 5.92 Å². The van der Waals surface area contributed by atoms with Crippen LogP contribution in [0.15, 0.2) is 60.7 Å². The number of ether oxygens (including phenoxy) is 4. The fourth-order valence-corrected chi connectivity index (χ4v) is 4.18. The molecular weight excluding hydrogens is 383 g/mol. The van der Waals surface area contributed by atoms with E-state index in [4.69, 9.17) is 26.8 Å². The van der Waals surface area contributed by atoms with Gasteiger partial charge in [-0.2, -0.15) is 0 Å². The Kier molecular flexibility index (Phi) is 5.93. The Morgan fingerprint density at radius 2 is 1.53 bits per heavy atom. The van der Waals surface area contributed by atoms with Gasteiger partial charge in [-0.05, 0) is 18.1 Å². The molecule has 0 spiro atoms. The molecule has 2 aliphatic heterocycles. The van der Waals surface area contributed by atoms with Crippen molar-refractivity contribution >= 4 is 19.8 Å². The van der Waals surface area contributed by atoms with E-state index in [0.29, 0.717) is 0 Å². The predicted molar refractivity (Wildman–Crippen MR) is 108 cm³/mol. The Morgan fingerprint density at radius 3 is 2.13 bits per heavy atom. The first-order valence-electron chi connectivity index (χ1n) is 9.98. The minimum Gasteiger partial charge on any atom is -0.461 e. The van der Waals surface area contributed by atoms with E-state index in [-0.39, 0.29) is 19.6 Å². The van der Waals surface area contributed by atoms with Gasteiger partial charge in [-0.3, -0.25) is 9.59 Å². The third-order valence-corrected chi connectivity index (χ3v) is 5.72. The van der Waals surface area contributed by atoms with Crippen LogP contribution >= 0.6 is 0 Å². The zero-order valence-electron chi connectivity index (χ0n) is 16.7. The SMILES string of the molecule is [B][C@@H]1O[C@@]2(CC(=O)OCc3ccccc3)C(C)OC1C2C(=O)OCc1ccccc1. The standard InChI is InChI=1S/C23H23BO6/c1-15-23(12-18(25)27-13-16-8-4-2-5-9-16)19(20(29-15)21(24)30-23)22(26)28-14-17-10-6-3-7-11-17/h2-11,15,19-21H,12-14H2,1H3/t15?,19?,20?,21-,23+/m1/s1. The largest absolute Gasteiger partial charge is 0.461 e. The van der Waals surface area contributed by atoms with Gasteiger partial charge in [0.25, 0.3) is 0 Å². The van der Waals surface area contributed by atoms with E-state index in [1.807, 2.05) is 60.7 Å². The van der Waals surface area contributed by atoms with Gasteiger partial charge in [-0.25, -0.2) is 0 Å². The zero-order chi connectivity index (χ0) is 21.1. The molecule has 2 radical (unpaired) electrons. The van der Waals surface area contributed by atoms with Crippen LogP contribution in [0.25, 0.3) is 0 Å². The van der Waals surface area contributed by atoms with E-state index in [2.05, 4.69) is 0 Å². The molecule has 2 aromatic rings. The molecule has 2 aromatic carbocycles. The van der Waals surface area contributed by atoms with E-state index >= 15 is 0 Å². The van der Waals surface area contributed by atoms with Crippen LogP contribution in [-0.4, -0.2) is 43.6 Å². The zero-order valence-corrected chi connectivity index (χ0v) is 16.7. The van der Waals surface area contributed by atoms with Crippen molar-refractivity contribution in [3.63, 3.8) is 0 Å². The highest BCUT2D eigenvalue weighted by Gasteiger charge is 2.67. The Balaban J connectivity index is 1.44. The number of fused-ring (bicyclic) bond motifs is 2. The summed E-state index contributed by atoms with van der Waals surface area (Å²) in [5.41, 5.74) is 0.539. The lowest BCUT2D eigenvalue weighted by molar-refractivity contribution is -0.178. The lowest BCUT2D eigenvalue weighted by Gasteiger charge is -2.35. The van der Waals surface area contributed by atoms with Gasteiger partial charge >= 0.3 is 11.9 Å². The van der Waals surface area contributed by atoms with Crippen molar-refractivity contribution in [2.45, 2.75) is 50.4 Å². The van der Waals surface area contributed by atoms with E-state index < -0.39 is 41.7 Å². The minimum atomic E-state index is -1.20. The number of esters is 2. The fraction of sp³-hybridized carbons (Fsp3) is 0.391. The summed E-state index contributed by atoms with van der Waals surface area (Å²) in [6.07, 6.45) is -1.30. The third-order valence-electron chi connectivity index (χ3n) is 5.72. The van der Waals surface area contributed by atoms with Gasteiger partial charge in [0.1, 0.15) is 32.6 Å². The van der Waals surface area contributed by atoms with Gasteiger partial charge in [0.15, 0.2) is 0 Å². The lowest BCUT2D eigenvalue weighted by Crippen LogP contribution is -2.48. The third kappa shape index (κ3) is 4.00. The molecule has 2 heterocycles. The Labute approximate surface area is 176 Å². The molecule has 3 unspecified atom stereocenters. The van der Waals surface area contributed by atoms with Crippen molar-refractivity contribution in [2.24, 2.45) is 5.92 Å². The van der Waals surface area contributed by atoms with E-state index in [1.165, 1.54) is 0 Å². The van der Waals surface area contributed by atoms with Crippen LogP contribution in [0.5, 0.6) is 0 Å². The maximum absolute atomic E-state index is 12.9. The topological polar surface area (TPSA) is 71.1 Å². The molecule has 7 heteroatoms. The van der Waals surface area contributed by atoms with Crippen molar-refractivity contribution in [3.8, 4) is 0 Å². The summed E-state index contributed by atoms with van der Waals surface area (Å²) < 4.78 is 22.7. The van der Waals surface area contributed by atoms with Gasteiger partial charge in [-0.1, -0.05) is 60.7 Å². The number of hydrogen-bond donors (Lipinski definition) is 0. The Morgan fingerprint density at radius 1 is 0.967 bits per heavy atom. The number of benzene rings is 2. The first-order chi connectivity index (χ1) is 14.5. The molecule has 0 N–H and O–H groups in total. The molecule has 30 heavy (non-hydrogen) atoms. The molecule has 0 amide bonds. The highest BCUT2D eigenvalue weighted by Crippen LogP contribution is 2.50. The first-order valence-corrected chi connectivity index (χ1v) is 9.98. The first kappa shape index (κ1) is 20.6. The molecule has 2 aliphatic rings. The monoisotopic (exact) mass is 406 g/mol. The van der Waals surface area contributed by atoms with Gasteiger partial charge in [0, 0.05) is 6.00 Å². The summed E-state index contributed by atoms with van der Waals surface area (Å²) in [7, 11) is 6.04. The van der Waals surface area contributed by atoms with Crippen LogP contribution < -0.4 is 0 Å². The van der Waals surface area contributed by atoms with Crippen LogP contribution in [0.2, 0.25) is 0 Å². The second-order valence-electron chi connectivity index (χ2n) is 7.67. The maximum Gasteiger partial charge on any atom is 0.315 e. The number of rotatable bonds is 7.